The maximum Gasteiger partial charge on any atom is 0.246 e. The van der Waals surface area contributed by atoms with Crippen LogP contribution in [0.15, 0.2) is 49.1 Å². The number of ether oxygens (including phenoxy) is 1. The Morgan fingerprint density at radius 2 is 1.85 bits per heavy atom. The molecule has 3 aromatic rings. The second-order valence-electron chi connectivity index (χ2n) is 12.7. The van der Waals surface area contributed by atoms with E-state index in [4.69, 9.17) is 9.72 Å². The van der Waals surface area contributed by atoms with Gasteiger partial charge in [-0.05, 0) is 50.5 Å². The minimum Gasteiger partial charge on any atom is -0.475 e. The summed E-state index contributed by atoms with van der Waals surface area (Å²) in [5, 5.41) is 22.7. The van der Waals surface area contributed by atoms with Crippen molar-refractivity contribution in [3.63, 3.8) is 0 Å². The molecule has 6 rings (SSSR count). The number of likely N-dealkylation sites (N-methyl/N-ethyl adjacent to an activating group) is 2. The van der Waals surface area contributed by atoms with Crippen LogP contribution in [-0.2, 0) is 17.8 Å². The van der Waals surface area contributed by atoms with Gasteiger partial charge in [0.1, 0.15) is 18.2 Å². The Kier molecular flexibility index (Phi) is 9.12. The largest absolute Gasteiger partial charge is 0.475 e. The molecule has 0 N–H and O–H groups in total. The third-order valence-corrected chi connectivity index (χ3v) is 9.81. The highest BCUT2D eigenvalue weighted by atomic mass is 16.5. The molecule has 46 heavy (non-hydrogen) atoms. The second-order valence-corrected chi connectivity index (χ2v) is 12.7. The molecule has 238 valence electrons. The van der Waals surface area contributed by atoms with Crippen LogP contribution in [0.4, 0.5) is 11.4 Å². The van der Waals surface area contributed by atoms with Gasteiger partial charge in [0.2, 0.25) is 11.8 Å². The Morgan fingerprint density at radius 1 is 1.04 bits per heavy atom. The predicted octanol–water partition coefficient (Wildman–Crippen LogP) is 3.72. The molecule has 0 radical (unpaired) electrons. The van der Waals surface area contributed by atoms with Gasteiger partial charge in [0, 0.05) is 62.5 Å². The highest BCUT2D eigenvalue weighted by molar-refractivity contribution is 5.97. The quantitative estimate of drug-likeness (QED) is 0.367. The average molecular weight is 619 g/mol. The number of rotatable bonds is 7. The van der Waals surface area contributed by atoms with E-state index in [1.54, 1.807) is 4.90 Å². The fourth-order valence-electron chi connectivity index (χ4n) is 7.27. The van der Waals surface area contributed by atoms with Crippen molar-refractivity contribution in [3.8, 4) is 18.0 Å². The van der Waals surface area contributed by atoms with E-state index < -0.39 is 0 Å². The van der Waals surface area contributed by atoms with E-state index in [1.807, 2.05) is 0 Å². The predicted molar refractivity (Wildman–Crippen MR) is 180 cm³/mol. The van der Waals surface area contributed by atoms with Crippen molar-refractivity contribution in [2.75, 3.05) is 76.3 Å². The Labute approximate surface area is 271 Å². The zero-order valence-electron chi connectivity index (χ0n) is 27.1. The van der Waals surface area contributed by atoms with E-state index >= 15 is 0 Å². The first-order valence-electron chi connectivity index (χ1n) is 16.1. The zero-order chi connectivity index (χ0) is 32.4. The highest BCUT2D eigenvalue weighted by Gasteiger charge is 2.35. The molecule has 0 saturated carbocycles. The number of hydrogen-bond donors (Lipinski definition) is 0. The minimum atomic E-state index is -0.311. The summed E-state index contributed by atoms with van der Waals surface area (Å²) >= 11 is 0. The van der Waals surface area contributed by atoms with E-state index in [0.29, 0.717) is 50.7 Å². The van der Waals surface area contributed by atoms with Gasteiger partial charge in [-0.1, -0.05) is 36.9 Å². The SMILES string of the molecule is C=CC(=O)N1CCN(c2c(C#N)c(OCC3CN(C)CCN3C)nc3c2CCN(c2cccc4cccc(C)c24)C3)C[C@@H]1CC#N. The van der Waals surface area contributed by atoms with Crippen LogP contribution in [0, 0.1) is 29.6 Å². The zero-order valence-corrected chi connectivity index (χ0v) is 27.1. The maximum absolute atomic E-state index is 12.7. The summed E-state index contributed by atoms with van der Waals surface area (Å²) in [6, 6.07) is 17.4. The van der Waals surface area contributed by atoms with E-state index in [2.05, 4.69) is 95.7 Å². The lowest BCUT2D eigenvalue weighted by Crippen LogP contribution is -2.55. The molecule has 3 aliphatic rings. The molecular weight excluding hydrogens is 576 g/mol. The molecule has 2 fully saturated rings. The van der Waals surface area contributed by atoms with Gasteiger partial charge in [0.15, 0.2) is 0 Å². The van der Waals surface area contributed by atoms with Gasteiger partial charge in [-0.3, -0.25) is 9.69 Å². The smallest absolute Gasteiger partial charge is 0.246 e. The number of amides is 1. The number of piperazine rings is 2. The standard InChI is InChI=1S/C36H42N8O2/c1-5-33(45)44-19-18-43(22-27(44)12-14-37)35-29-13-15-42(32-11-7-10-26-9-6-8-25(2)34(26)32)23-31(29)39-36(30(35)20-38)46-24-28-21-40(3)16-17-41(28)4/h5-11,27-28H,1,12-13,15-19,21-24H2,2-4H3/t27-,28?/m0/s1. The van der Waals surface area contributed by atoms with Crippen molar-refractivity contribution < 1.29 is 9.53 Å². The molecule has 1 aromatic heterocycles. The number of nitrogens with zero attached hydrogens (tertiary/aromatic N) is 8. The first kappa shape index (κ1) is 31.3. The molecule has 1 amide bonds. The third kappa shape index (κ3) is 5.99. The molecule has 10 heteroatoms. The molecule has 3 aliphatic heterocycles. The molecule has 1 unspecified atom stereocenters. The summed E-state index contributed by atoms with van der Waals surface area (Å²) in [4.78, 5) is 28.6. The lowest BCUT2D eigenvalue weighted by Gasteiger charge is -2.43. The number of hydrogen-bond acceptors (Lipinski definition) is 9. The summed E-state index contributed by atoms with van der Waals surface area (Å²) in [5.74, 6) is 0.180. The lowest BCUT2D eigenvalue weighted by atomic mass is 9.95. The molecule has 0 aliphatic carbocycles. The van der Waals surface area contributed by atoms with E-state index in [9.17, 15) is 15.3 Å². The number of pyridine rings is 1. The van der Waals surface area contributed by atoms with Crippen LogP contribution in [0.1, 0.15) is 28.8 Å². The maximum atomic E-state index is 12.7. The first-order chi connectivity index (χ1) is 22.3. The number of benzene rings is 2. The van der Waals surface area contributed by atoms with Crippen molar-refractivity contribution >= 4 is 28.1 Å². The number of aryl methyl sites for hydroxylation is 1. The van der Waals surface area contributed by atoms with Gasteiger partial charge in [0.05, 0.1) is 42.5 Å². The molecule has 0 spiro atoms. The Morgan fingerprint density at radius 3 is 2.61 bits per heavy atom. The Hall–Kier alpha value is -4.64. The van der Waals surface area contributed by atoms with Gasteiger partial charge >= 0.3 is 0 Å². The van der Waals surface area contributed by atoms with Gasteiger partial charge in [0.25, 0.3) is 0 Å². The molecule has 2 aromatic carbocycles. The number of nitriles is 2. The fraction of sp³-hybridized carbons (Fsp3) is 0.444. The average Bonchev–Trinajstić information content (AvgIpc) is 3.07. The van der Waals surface area contributed by atoms with Gasteiger partial charge in [-0.25, -0.2) is 4.98 Å². The summed E-state index contributed by atoms with van der Waals surface area (Å²) in [7, 11) is 4.23. The number of carbonyl (C=O) groups is 1. The first-order valence-corrected chi connectivity index (χ1v) is 16.1. The number of anilines is 2. The second kappa shape index (κ2) is 13.4. The monoisotopic (exact) mass is 618 g/mol. The number of fused-ring (bicyclic) bond motifs is 2. The van der Waals surface area contributed by atoms with Crippen molar-refractivity contribution in [1.82, 2.24) is 19.7 Å². The molecule has 0 bridgehead atoms. The summed E-state index contributed by atoms with van der Waals surface area (Å²) in [5.41, 5.74) is 5.61. The summed E-state index contributed by atoms with van der Waals surface area (Å²) in [6.45, 7) is 11.8. The van der Waals surface area contributed by atoms with Crippen LogP contribution in [0.25, 0.3) is 10.8 Å². The lowest BCUT2D eigenvalue weighted by molar-refractivity contribution is -0.128. The van der Waals surface area contributed by atoms with Crippen LogP contribution < -0.4 is 14.5 Å². The van der Waals surface area contributed by atoms with Crippen LogP contribution in [0.5, 0.6) is 5.88 Å². The summed E-state index contributed by atoms with van der Waals surface area (Å²) < 4.78 is 6.49. The highest BCUT2D eigenvalue weighted by Crippen LogP contribution is 2.40. The number of carbonyl (C=O) groups excluding carboxylic acids is 1. The fourth-order valence-corrected chi connectivity index (χ4v) is 7.27. The van der Waals surface area contributed by atoms with Crippen LogP contribution in [0.3, 0.4) is 0 Å². The Bertz CT molecular complexity index is 1720. The number of aromatic nitrogens is 1. The van der Waals surface area contributed by atoms with Crippen molar-refractivity contribution in [2.45, 2.75) is 38.4 Å². The van der Waals surface area contributed by atoms with Crippen LogP contribution in [0.2, 0.25) is 0 Å². The molecule has 2 saturated heterocycles. The summed E-state index contributed by atoms with van der Waals surface area (Å²) in [6.07, 6.45) is 2.22. The third-order valence-electron chi connectivity index (χ3n) is 9.81. The van der Waals surface area contributed by atoms with E-state index in [-0.39, 0.29) is 24.4 Å². The topological polar surface area (TPSA) is 103 Å². The molecule has 10 nitrogen and oxygen atoms in total. The molecular formula is C36H42N8O2. The van der Waals surface area contributed by atoms with E-state index in [1.165, 1.54) is 28.1 Å². The van der Waals surface area contributed by atoms with Gasteiger partial charge < -0.3 is 24.3 Å². The van der Waals surface area contributed by atoms with Crippen LogP contribution >= 0.6 is 0 Å². The molecule has 4 heterocycles. The van der Waals surface area contributed by atoms with Crippen molar-refractivity contribution in [1.29, 1.82) is 10.5 Å². The van der Waals surface area contributed by atoms with Gasteiger partial charge in [-0.2, -0.15) is 10.5 Å². The minimum absolute atomic E-state index is 0.176. The van der Waals surface area contributed by atoms with Crippen LogP contribution in [-0.4, -0.2) is 104 Å². The molecule has 2 atom stereocenters. The Balaban J connectivity index is 1.40. The van der Waals surface area contributed by atoms with Crippen molar-refractivity contribution in [3.05, 3.63) is 71.4 Å². The normalized spacial score (nSPS) is 20.6. The van der Waals surface area contributed by atoms with Gasteiger partial charge in [-0.15, -0.1) is 0 Å². The van der Waals surface area contributed by atoms with E-state index in [0.717, 1.165) is 43.1 Å². The van der Waals surface area contributed by atoms with Crippen molar-refractivity contribution in [2.24, 2.45) is 0 Å².